The highest BCUT2D eigenvalue weighted by atomic mass is 32.2. The van der Waals surface area contributed by atoms with Crippen molar-refractivity contribution in [3.05, 3.63) is 0 Å². The minimum Gasteiger partial charge on any atom is -0.481 e. The van der Waals surface area contributed by atoms with Crippen molar-refractivity contribution < 1.29 is 34.2 Å². The zero-order valence-electron chi connectivity index (χ0n) is 19.9. The number of aliphatic carboxylic acids is 2. The average Bonchev–Trinajstić information content (AvgIpc) is 2.74. The van der Waals surface area contributed by atoms with Gasteiger partial charge < -0.3 is 31.9 Å². The van der Waals surface area contributed by atoms with Crippen molar-refractivity contribution in [2.45, 2.75) is 77.5 Å². The van der Waals surface area contributed by atoms with Gasteiger partial charge in [0.1, 0.15) is 18.1 Å². The molecule has 5 atom stereocenters. The van der Waals surface area contributed by atoms with Gasteiger partial charge in [-0.1, -0.05) is 34.1 Å². The first-order valence-electron chi connectivity index (χ1n) is 11.0. The number of carbonyl (C=O) groups excluding carboxylic acids is 3. The van der Waals surface area contributed by atoms with Crippen molar-refractivity contribution >= 4 is 41.4 Å². The summed E-state index contributed by atoms with van der Waals surface area (Å²) in [5.74, 6) is -4.45. The normalized spacial score (nSPS) is 15.6. The van der Waals surface area contributed by atoms with Crippen LogP contribution in [0.1, 0.15) is 53.4 Å². The van der Waals surface area contributed by atoms with Gasteiger partial charge in [-0.05, 0) is 36.7 Å². The molecule has 33 heavy (non-hydrogen) atoms. The molecule has 5 unspecified atom stereocenters. The fraction of sp³-hybridized carbons (Fsp3) is 0.762. The molecule has 12 heteroatoms. The van der Waals surface area contributed by atoms with Gasteiger partial charge >= 0.3 is 11.9 Å². The molecule has 0 bridgehead atoms. The van der Waals surface area contributed by atoms with Crippen LogP contribution in [0.5, 0.6) is 0 Å². The average molecular weight is 491 g/mol. The summed E-state index contributed by atoms with van der Waals surface area (Å²) < 4.78 is 0. The molecule has 0 spiro atoms. The van der Waals surface area contributed by atoms with E-state index in [-0.39, 0.29) is 12.3 Å². The molecule has 0 aliphatic heterocycles. The van der Waals surface area contributed by atoms with Crippen LogP contribution >= 0.6 is 11.8 Å². The van der Waals surface area contributed by atoms with E-state index >= 15 is 0 Å². The van der Waals surface area contributed by atoms with E-state index in [1.165, 1.54) is 11.8 Å². The molecule has 0 aromatic heterocycles. The van der Waals surface area contributed by atoms with E-state index in [0.717, 1.165) is 0 Å². The molecule has 3 amide bonds. The molecular formula is C21H38N4O7S. The number of thioether (sulfide) groups is 1. The van der Waals surface area contributed by atoms with Crippen molar-refractivity contribution in [2.24, 2.45) is 17.6 Å². The molecule has 0 fully saturated rings. The number of nitrogens with two attached hydrogens (primary N) is 1. The summed E-state index contributed by atoms with van der Waals surface area (Å²) in [4.78, 5) is 60.7. The first kappa shape index (κ1) is 30.7. The second kappa shape index (κ2) is 15.5. The zero-order valence-corrected chi connectivity index (χ0v) is 20.7. The lowest BCUT2D eigenvalue weighted by atomic mass is 9.97. The van der Waals surface area contributed by atoms with E-state index in [2.05, 4.69) is 16.0 Å². The third kappa shape index (κ3) is 11.4. The molecule has 0 heterocycles. The Kier molecular flexibility index (Phi) is 14.4. The molecule has 190 valence electrons. The van der Waals surface area contributed by atoms with Crippen LogP contribution in [0, 0.1) is 11.8 Å². The third-order valence-corrected chi connectivity index (χ3v) is 5.92. The van der Waals surface area contributed by atoms with Gasteiger partial charge in [0.15, 0.2) is 0 Å². The van der Waals surface area contributed by atoms with Gasteiger partial charge in [-0.25, -0.2) is 4.79 Å². The molecule has 11 nitrogen and oxygen atoms in total. The lowest BCUT2D eigenvalue weighted by molar-refractivity contribution is -0.144. The number of amides is 3. The van der Waals surface area contributed by atoms with Gasteiger partial charge in [-0.2, -0.15) is 11.8 Å². The molecule has 7 N–H and O–H groups in total. The second-order valence-corrected chi connectivity index (χ2v) is 9.31. The smallest absolute Gasteiger partial charge is 0.326 e. The Morgan fingerprint density at radius 3 is 1.91 bits per heavy atom. The van der Waals surface area contributed by atoms with E-state index < -0.39 is 66.2 Å². The van der Waals surface area contributed by atoms with Crippen LogP contribution < -0.4 is 21.7 Å². The molecule has 0 aliphatic rings. The third-order valence-electron chi connectivity index (χ3n) is 5.27. The molecule has 0 aromatic rings. The Morgan fingerprint density at radius 1 is 0.879 bits per heavy atom. The van der Waals surface area contributed by atoms with Crippen molar-refractivity contribution in [2.75, 3.05) is 12.0 Å². The van der Waals surface area contributed by atoms with Crippen LogP contribution in [0.3, 0.4) is 0 Å². The van der Waals surface area contributed by atoms with E-state index in [0.29, 0.717) is 18.6 Å². The van der Waals surface area contributed by atoms with Gasteiger partial charge in [-0.15, -0.1) is 0 Å². The number of carbonyl (C=O) groups is 5. The van der Waals surface area contributed by atoms with Gasteiger partial charge in [-0.3, -0.25) is 19.2 Å². The molecule has 0 radical (unpaired) electrons. The molecule has 0 aromatic carbocycles. The van der Waals surface area contributed by atoms with Gasteiger partial charge in [0, 0.05) is 6.42 Å². The largest absolute Gasteiger partial charge is 0.481 e. The lowest BCUT2D eigenvalue weighted by Gasteiger charge is -2.28. The van der Waals surface area contributed by atoms with Crippen molar-refractivity contribution in [3.8, 4) is 0 Å². The van der Waals surface area contributed by atoms with Crippen molar-refractivity contribution in [1.29, 1.82) is 0 Å². The molecule has 0 saturated heterocycles. The highest BCUT2D eigenvalue weighted by molar-refractivity contribution is 7.98. The van der Waals surface area contributed by atoms with E-state index in [1.54, 1.807) is 20.8 Å². The number of carboxylic acids is 2. The number of hydrogen-bond acceptors (Lipinski definition) is 7. The summed E-state index contributed by atoms with van der Waals surface area (Å²) in [6.07, 6.45) is 2.19. The lowest BCUT2D eigenvalue weighted by Crippen LogP contribution is -2.59. The minimum atomic E-state index is -1.29. The highest BCUT2D eigenvalue weighted by Crippen LogP contribution is 2.11. The van der Waals surface area contributed by atoms with Crippen LogP contribution in [0.15, 0.2) is 0 Å². The predicted octanol–water partition coefficient (Wildman–Crippen LogP) is 0.173. The summed E-state index contributed by atoms with van der Waals surface area (Å²) in [6, 6.07) is -4.29. The summed E-state index contributed by atoms with van der Waals surface area (Å²) in [5, 5.41) is 25.8. The topological polar surface area (TPSA) is 188 Å². The van der Waals surface area contributed by atoms with Crippen LogP contribution in [-0.2, 0) is 24.0 Å². The number of hydrogen-bond donors (Lipinski definition) is 6. The van der Waals surface area contributed by atoms with Crippen LogP contribution in [-0.4, -0.2) is 76.0 Å². The number of nitrogens with one attached hydrogen (secondary N) is 3. The van der Waals surface area contributed by atoms with Gasteiger partial charge in [0.05, 0.1) is 6.04 Å². The van der Waals surface area contributed by atoms with Crippen molar-refractivity contribution in [3.63, 3.8) is 0 Å². The Bertz CT molecular complexity index is 690. The maximum Gasteiger partial charge on any atom is 0.326 e. The maximum absolute atomic E-state index is 13.0. The van der Waals surface area contributed by atoms with Gasteiger partial charge in [0.2, 0.25) is 17.7 Å². The Balaban J connectivity index is 5.57. The first-order valence-corrected chi connectivity index (χ1v) is 12.3. The minimum absolute atomic E-state index is 0.244. The Labute approximate surface area is 199 Å². The van der Waals surface area contributed by atoms with Crippen molar-refractivity contribution in [1.82, 2.24) is 16.0 Å². The second-order valence-electron chi connectivity index (χ2n) is 8.32. The Morgan fingerprint density at radius 2 is 1.45 bits per heavy atom. The first-order chi connectivity index (χ1) is 15.3. The van der Waals surface area contributed by atoms with Gasteiger partial charge in [0.25, 0.3) is 0 Å². The van der Waals surface area contributed by atoms with E-state index in [9.17, 15) is 29.1 Å². The van der Waals surface area contributed by atoms with Crippen LogP contribution in [0.2, 0.25) is 0 Å². The summed E-state index contributed by atoms with van der Waals surface area (Å²) in [5.41, 5.74) is 5.89. The van der Waals surface area contributed by atoms with E-state index in [1.807, 2.05) is 13.2 Å². The molecule has 0 saturated carbocycles. The number of carboxylic acid groups (broad SMARTS) is 2. The predicted molar refractivity (Wildman–Crippen MR) is 126 cm³/mol. The fourth-order valence-electron chi connectivity index (χ4n) is 2.90. The standard InChI is InChI=1S/C21H38N4O7S/c1-6-12(4)17(25-18(28)13(22)9-10-33-5)20(30)23-14(7-8-15(26)27)19(29)24-16(11(2)3)21(31)32/h11-14,16-17H,6-10,22H2,1-5H3,(H,23,30)(H,24,29)(H,25,28)(H,26,27)(H,31,32). The molecule has 0 rings (SSSR count). The Hall–Kier alpha value is -2.34. The quantitative estimate of drug-likeness (QED) is 0.175. The SMILES string of the molecule is CCC(C)C(NC(=O)C(N)CCSC)C(=O)NC(CCC(=O)O)C(=O)NC(C(=O)O)C(C)C. The summed E-state index contributed by atoms with van der Waals surface area (Å²) in [7, 11) is 0. The fourth-order valence-corrected chi connectivity index (χ4v) is 3.39. The van der Waals surface area contributed by atoms with Crippen LogP contribution in [0.4, 0.5) is 0 Å². The highest BCUT2D eigenvalue weighted by Gasteiger charge is 2.33. The molecule has 0 aliphatic carbocycles. The summed E-state index contributed by atoms with van der Waals surface area (Å²) >= 11 is 1.54. The monoisotopic (exact) mass is 490 g/mol. The van der Waals surface area contributed by atoms with Crippen LogP contribution in [0.25, 0.3) is 0 Å². The zero-order chi connectivity index (χ0) is 25.7. The maximum atomic E-state index is 13.0. The van der Waals surface area contributed by atoms with E-state index in [4.69, 9.17) is 10.8 Å². The summed E-state index contributed by atoms with van der Waals surface area (Å²) in [6.45, 7) is 6.81. The number of rotatable bonds is 16. The molecular weight excluding hydrogens is 452 g/mol.